The van der Waals surface area contributed by atoms with Gasteiger partial charge in [0.25, 0.3) is 0 Å². The molecule has 2 aliphatic rings. The number of benzene rings is 1. The van der Waals surface area contributed by atoms with Crippen LogP contribution in [0.2, 0.25) is 0 Å². The van der Waals surface area contributed by atoms with Gasteiger partial charge in [-0.1, -0.05) is 22.0 Å². The summed E-state index contributed by atoms with van der Waals surface area (Å²) in [4.78, 5) is 2.39. The fourth-order valence-electron chi connectivity index (χ4n) is 3.30. The first-order chi connectivity index (χ1) is 9.08. The summed E-state index contributed by atoms with van der Waals surface area (Å²) in [5, 5.41) is 0. The van der Waals surface area contributed by atoms with Crippen molar-refractivity contribution in [3.63, 3.8) is 0 Å². The number of fused-ring (bicyclic) bond motifs is 1. The number of ether oxygens (including phenoxy) is 1. The lowest BCUT2D eigenvalue weighted by Gasteiger charge is -2.41. The summed E-state index contributed by atoms with van der Waals surface area (Å²) < 4.78 is 7.46. The van der Waals surface area contributed by atoms with Crippen molar-refractivity contribution < 1.29 is 4.74 Å². The van der Waals surface area contributed by atoms with E-state index >= 15 is 0 Å². The van der Waals surface area contributed by atoms with Gasteiger partial charge in [0.05, 0.1) is 0 Å². The maximum absolute atomic E-state index is 6.40. The van der Waals surface area contributed by atoms with Crippen LogP contribution in [0.25, 0.3) is 0 Å². The van der Waals surface area contributed by atoms with Gasteiger partial charge < -0.3 is 15.4 Å². The monoisotopic (exact) mass is 324 g/mol. The van der Waals surface area contributed by atoms with Gasteiger partial charge >= 0.3 is 0 Å². The second-order valence-corrected chi connectivity index (χ2v) is 6.85. The first-order valence-electron chi connectivity index (χ1n) is 7.01. The fraction of sp³-hybridized carbons (Fsp3) is 0.600. The molecule has 3 rings (SSSR count). The summed E-state index contributed by atoms with van der Waals surface area (Å²) in [7, 11) is 2.19. The van der Waals surface area contributed by atoms with Crippen molar-refractivity contribution in [2.24, 2.45) is 5.73 Å². The van der Waals surface area contributed by atoms with Gasteiger partial charge in [-0.05, 0) is 45.0 Å². The predicted molar refractivity (Wildman–Crippen MR) is 80.4 cm³/mol. The van der Waals surface area contributed by atoms with Crippen LogP contribution in [0.15, 0.2) is 22.7 Å². The highest BCUT2D eigenvalue weighted by Crippen LogP contribution is 2.44. The van der Waals surface area contributed by atoms with Crippen LogP contribution in [0.3, 0.4) is 0 Å². The molecule has 2 atom stereocenters. The van der Waals surface area contributed by atoms with Crippen molar-refractivity contribution >= 4 is 15.9 Å². The van der Waals surface area contributed by atoms with E-state index in [1.54, 1.807) is 0 Å². The van der Waals surface area contributed by atoms with E-state index in [9.17, 15) is 0 Å². The molecule has 1 aromatic carbocycles. The van der Waals surface area contributed by atoms with E-state index in [0.717, 1.165) is 48.1 Å². The molecular formula is C15H21BrN2O. The smallest absolute Gasteiger partial charge is 0.126 e. The van der Waals surface area contributed by atoms with E-state index in [-0.39, 0.29) is 11.6 Å². The minimum Gasteiger partial charge on any atom is -0.487 e. The Balaban J connectivity index is 1.90. The molecule has 104 valence electrons. The van der Waals surface area contributed by atoms with Gasteiger partial charge in [0.15, 0.2) is 0 Å². The molecule has 2 aliphatic heterocycles. The van der Waals surface area contributed by atoms with E-state index in [1.165, 1.54) is 6.42 Å². The van der Waals surface area contributed by atoms with E-state index in [2.05, 4.69) is 40.0 Å². The van der Waals surface area contributed by atoms with Crippen molar-refractivity contribution in [1.29, 1.82) is 0 Å². The van der Waals surface area contributed by atoms with Crippen LogP contribution < -0.4 is 10.5 Å². The Morgan fingerprint density at radius 1 is 1.37 bits per heavy atom. The van der Waals surface area contributed by atoms with Crippen molar-refractivity contribution in [3.8, 4) is 5.75 Å². The van der Waals surface area contributed by atoms with Crippen LogP contribution in [-0.2, 0) is 0 Å². The number of hydrogen-bond donors (Lipinski definition) is 1. The normalized spacial score (nSPS) is 31.6. The summed E-state index contributed by atoms with van der Waals surface area (Å²) in [5.41, 5.74) is 7.47. The molecule has 0 aromatic heterocycles. The molecule has 4 heteroatoms. The molecule has 0 aliphatic carbocycles. The highest BCUT2D eigenvalue weighted by molar-refractivity contribution is 9.10. The van der Waals surface area contributed by atoms with Crippen LogP contribution in [0.4, 0.5) is 0 Å². The average Bonchev–Trinajstić information content (AvgIpc) is 2.52. The van der Waals surface area contributed by atoms with Gasteiger partial charge in [-0.2, -0.15) is 0 Å². The zero-order valence-corrected chi connectivity index (χ0v) is 12.9. The Kier molecular flexibility index (Phi) is 3.58. The number of nitrogens with zero attached hydrogens (tertiary/aromatic N) is 1. The Bertz CT molecular complexity index is 479. The molecule has 0 bridgehead atoms. The molecule has 2 heterocycles. The zero-order valence-electron chi connectivity index (χ0n) is 11.4. The molecule has 1 saturated heterocycles. The molecule has 3 nitrogen and oxygen atoms in total. The van der Waals surface area contributed by atoms with Gasteiger partial charge in [-0.25, -0.2) is 0 Å². The molecule has 0 amide bonds. The quantitative estimate of drug-likeness (QED) is 0.797. The van der Waals surface area contributed by atoms with Crippen molar-refractivity contribution in [1.82, 2.24) is 4.90 Å². The maximum Gasteiger partial charge on any atom is 0.126 e. The largest absolute Gasteiger partial charge is 0.487 e. The van der Waals surface area contributed by atoms with Gasteiger partial charge in [-0.15, -0.1) is 0 Å². The third-order valence-electron chi connectivity index (χ3n) is 4.41. The van der Waals surface area contributed by atoms with Crippen molar-refractivity contribution in [2.75, 3.05) is 20.1 Å². The number of hydrogen-bond acceptors (Lipinski definition) is 3. The average molecular weight is 325 g/mol. The summed E-state index contributed by atoms with van der Waals surface area (Å²) >= 11 is 3.52. The number of likely N-dealkylation sites (tertiary alicyclic amines) is 1. The molecule has 1 aromatic rings. The number of nitrogens with two attached hydrogens (primary N) is 1. The maximum atomic E-state index is 6.40. The standard InChI is InChI=1S/C15H21BrN2O/c1-18-7-2-5-15(6-8-18)10-13(17)12-4-3-11(16)9-14(12)19-15/h3-4,9,13H,2,5-8,10,17H2,1H3/t13-,15?/m1/s1. The first-order valence-corrected chi connectivity index (χ1v) is 7.80. The van der Waals surface area contributed by atoms with E-state index in [1.807, 2.05) is 6.07 Å². The molecule has 2 N–H and O–H groups in total. The summed E-state index contributed by atoms with van der Waals surface area (Å²) in [6.45, 7) is 2.25. The van der Waals surface area contributed by atoms with Gasteiger partial charge in [0, 0.05) is 29.0 Å². The number of rotatable bonds is 0. The second-order valence-electron chi connectivity index (χ2n) is 5.93. The molecular weight excluding hydrogens is 304 g/mol. The van der Waals surface area contributed by atoms with Crippen molar-refractivity contribution in [2.45, 2.75) is 37.3 Å². The van der Waals surface area contributed by atoms with Crippen LogP contribution in [0.1, 0.15) is 37.3 Å². The van der Waals surface area contributed by atoms with E-state index in [4.69, 9.17) is 10.5 Å². The van der Waals surface area contributed by atoms with Crippen LogP contribution in [0.5, 0.6) is 5.75 Å². The van der Waals surface area contributed by atoms with E-state index in [0.29, 0.717) is 0 Å². The molecule has 0 saturated carbocycles. The van der Waals surface area contributed by atoms with Gasteiger partial charge in [0.2, 0.25) is 0 Å². The first kappa shape index (κ1) is 13.4. The lowest BCUT2D eigenvalue weighted by molar-refractivity contribution is 0.0223. The van der Waals surface area contributed by atoms with Gasteiger partial charge in [-0.3, -0.25) is 0 Å². The predicted octanol–water partition coefficient (Wildman–Crippen LogP) is 3.09. The fourth-order valence-corrected chi connectivity index (χ4v) is 3.64. The van der Waals surface area contributed by atoms with E-state index < -0.39 is 0 Å². The van der Waals surface area contributed by atoms with Crippen molar-refractivity contribution in [3.05, 3.63) is 28.2 Å². The SMILES string of the molecule is CN1CCCC2(CC1)C[C@@H](N)c1ccc(Br)cc1O2. The molecule has 1 spiro atoms. The zero-order chi connectivity index (χ0) is 13.5. The summed E-state index contributed by atoms with van der Waals surface area (Å²) in [6.07, 6.45) is 4.31. The highest BCUT2D eigenvalue weighted by atomic mass is 79.9. The molecule has 1 unspecified atom stereocenters. The lowest BCUT2D eigenvalue weighted by atomic mass is 9.82. The highest BCUT2D eigenvalue weighted by Gasteiger charge is 2.40. The summed E-state index contributed by atoms with van der Waals surface area (Å²) in [6, 6.07) is 6.28. The van der Waals surface area contributed by atoms with Crippen LogP contribution >= 0.6 is 15.9 Å². The Hall–Kier alpha value is -0.580. The molecule has 1 fully saturated rings. The minimum absolute atomic E-state index is 0.0576. The molecule has 19 heavy (non-hydrogen) atoms. The Morgan fingerprint density at radius 3 is 3.05 bits per heavy atom. The third-order valence-corrected chi connectivity index (χ3v) is 4.91. The second kappa shape index (κ2) is 5.08. The Morgan fingerprint density at radius 2 is 2.21 bits per heavy atom. The molecule has 0 radical (unpaired) electrons. The summed E-state index contributed by atoms with van der Waals surface area (Å²) in [5.74, 6) is 0.970. The topological polar surface area (TPSA) is 38.5 Å². The van der Waals surface area contributed by atoms with Crippen LogP contribution in [0, 0.1) is 0 Å². The van der Waals surface area contributed by atoms with Crippen LogP contribution in [-0.4, -0.2) is 30.6 Å². The minimum atomic E-state index is -0.0576. The lowest BCUT2D eigenvalue weighted by Crippen LogP contribution is -2.43. The number of halogens is 1. The third kappa shape index (κ3) is 2.67. The Labute approximate surface area is 123 Å². The van der Waals surface area contributed by atoms with Gasteiger partial charge in [0.1, 0.15) is 11.4 Å².